The van der Waals surface area contributed by atoms with Gasteiger partial charge in [0.25, 0.3) is 0 Å². The van der Waals surface area contributed by atoms with Crippen molar-refractivity contribution in [3.8, 4) is 11.4 Å². The third kappa shape index (κ3) is 4.43. The molecule has 1 aliphatic heterocycles. The minimum atomic E-state index is 0.00649. The van der Waals surface area contributed by atoms with E-state index in [2.05, 4.69) is 50.3 Å². The van der Waals surface area contributed by atoms with E-state index in [9.17, 15) is 4.79 Å². The van der Waals surface area contributed by atoms with Crippen molar-refractivity contribution in [2.75, 3.05) is 31.1 Å². The third-order valence-corrected chi connectivity index (χ3v) is 6.05. The van der Waals surface area contributed by atoms with Crippen molar-refractivity contribution in [3.05, 3.63) is 82.8 Å². The molecule has 2 heterocycles. The highest BCUT2D eigenvalue weighted by Gasteiger charge is 2.23. The number of hydrogen-bond acceptors (Lipinski definition) is 5. The average Bonchev–Trinajstić information content (AvgIpc) is 3.33. The molecule has 32 heavy (non-hydrogen) atoms. The van der Waals surface area contributed by atoms with Crippen LogP contribution in [0.2, 0.25) is 0 Å². The van der Waals surface area contributed by atoms with E-state index in [-0.39, 0.29) is 5.91 Å². The van der Waals surface area contributed by atoms with Gasteiger partial charge in [-0.2, -0.15) is 4.98 Å². The first-order valence-electron chi connectivity index (χ1n) is 10.5. The highest BCUT2D eigenvalue weighted by Crippen LogP contribution is 2.25. The fourth-order valence-electron chi connectivity index (χ4n) is 3.79. The number of amides is 1. The number of aromatic nitrogens is 2. The molecule has 1 aromatic heterocycles. The van der Waals surface area contributed by atoms with Crippen LogP contribution in [0, 0.1) is 0 Å². The van der Waals surface area contributed by atoms with Crippen molar-refractivity contribution in [1.82, 2.24) is 15.0 Å². The maximum Gasteiger partial charge on any atom is 0.324 e. The molecule has 6 nitrogen and oxygen atoms in total. The van der Waals surface area contributed by atoms with Crippen LogP contribution < -0.4 is 4.90 Å². The molecule has 0 radical (unpaired) electrons. The summed E-state index contributed by atoms with van der Waals surface area (Å²) in [7, 11) is 0. The summed E-state index contributed by atoms with van der Waals surface area (Å²) < 4.78 is 6.51. The fourth-order valence-corrected chi connectivity index (χ4v) is 4.21. The molecule has 0 bridgehead atoms. The molecule has 1 aliphatic rings. The molecule has 5 rings (SSSR count). The van der Waals surface area contributed by atoms with Gasteiger partial charge in [0, 0.05) is 42.3 Å². The summed E-state index contributed by atoms with van der Waals surface area (Å²) in [6.45, 7) is 2.51. The minimum Gasteiger partial charge on any atom is -0.336 e. The normalized spacial score (nSPS) is 14.4. The lowest BCUT2D eigenvalue weighted by atomic mass is 10.1. The summed E-state index contributed by atoms with van der Waals surface area (Å²) in [5.41, 5.74) is 1.91. The van der Waals surface area contributed by atoms with E-state index in [0.29, 0.717) is 38.0 Å². The van der Waals surface area contributed by atoms with Gasteiger partial charge in [-0.3, -0.25) is 4.79 Å². The molecule has 1 fully saturated rings. The largest absolute Gasteiger partial charge is 0.336 e. The Hall–Kier alpha value is -3.45. The first-order chi connectivity index (χ1) is 15.7. The van der Waals surface area contributed by atoms with Gasteiger partial charge in [0.2, 0.25) is 11.7 Å². The number of carbonyl (C=O) groups excluding carboxylic acids is 1. The monoisotopic (exact) mass is 488 g/mol. The van der Waals surface area contributed by atoms with Crippen LogP contribution in [0.25, 0.3) is 28.2 Å². The van der Waals surface area contributed by atoms with Crippen molar-refractivity contribution in [3.63, 3.8) is 0 Å². The first kappa shape index (κ1) is 20.5. The number of halogens is 1. The Balaban J connectivity index is 1.22. The smallest absolute Gasteiger partial charge is 0.324 e. The van der Waals surface area contributed by atoms with Crippen molar-refractivity contribution in [2.45, 2.75) is 0 Å². The second-order valence-electron chi connectivity index (χ2n) is 7.66. The Kier molecular flexibility index (Phi) is 5.73. The van der Waals surface area contributed by atoms with E-state index in [4.69, 9.17) is 4.52 Å². The molecule has 0 atom stereocenters. The summed E-state index contributed by atoms with van der Waals surface area (Å²) in [5, 5.41) is 6.48. The number of benzene rings is 3. The van der Waals surface area contributed by atoms with Gasteiger partial charge in [-0.05, 0) is 40.6 Å². The molecule has 160 valence electrons. The molecule has 0 unspecified atom stereocenters. The molecule has 7 heteroatoms. The number of fused-ring (bicyclic) bond motifs is 1. The zero-order chi connectivity index (χ0) is 21.9. The van der Waals surface area contributed by atoms with E-state index in [0.717, 1.165) is 21.0 Å². The van der Waals surface area contributed by atoms with Gasteiger partial charge in [0.15, 0.2) is 0 Å². The molecular weight excluding hydrogens is 468 g/mol. The van der Waals surface area contributed by atoms with Crippen molar-refractivity contribution in [1.29, 1.82) is 0 Å². The molecule has 0 saturated carbocycles. The summed E-state index contributed by atoms with van der Waals surface area (Å²) in [5.74, 6) is 0.577. The Morgan fingerprint density at radius 3 is 2.56 bits per heavy atom. The fraction of sp³-hybridized carbons (Fsp3) is 0.160. The van der Waals surface area contributed by atoms with Crippen LogP contribution in [0.15, 0.2) is 81.8 Å². The molecule has 0 aliphatic carbocycles. The minimum absolute atomic E-state index is 0.00649. The van der Waals surface area contributed by atoms with E-state index >= 15 is 0 Å². The summed E-state index contributed by atoms with van der Waals surface area (Å²) in [4.78, 5) is 21.0. The SMILES string of the molecule is O=C(/C=C/c1cccc(Br)c1)N1CCN(c2nc(-c3ccc4ccccc4c3)no2)CC1. The van der Waals surface area contributed by atoms with Gasteiger partial charge in [0.1, 0.15) is 0 Å². The highest BCUT2D eigenvalue weighted by molar-refractivity contribution is 9.10. The lowest BCUT2D eigenvalue weighted by Gasteiger charge is -2.32. The zero-order valence-corrected chi connectivity index (χ0v) is 18.9. The zero-order valence-electron chi connectivity index (χ0n) is 17.3. The molecule has 0 N–H and O–H groups in total. The lowest BCUT2D eigenvalue weighted by Crippen LogP contribution is -2.48. The second kappa shape index (κ2) is 8.96. The number of anilines is 1. The van der Waals surface area contributed by atoms with Crippen molar-refractivity contribution < 1.29 is 9.32 Å². The van der Waals surface area contributed by atoms with E-state index in [1.165, 1.54) is 5.39 Å². The Morgan fingerprint density at radius 2 is 1.75 bits per heavy atom. The topological polar surface area (TPSA) is 62.5 Å². The molecule has 0 spiro atoms. The first-order valence-corrected chi connectivity index (χ1v) is 11.3. The Labute approximate surface area is 194 Å². The highest BCUT2D eigenvalue weighted by atomic mass is 79.9. The maximum atomic E-state index is 12.6. The van der Waals surface area contributed by atoms with Crippen LogP contribution >= 0.6 is 15.9 Å². The Morgan fingerprint density at radius 1 is 0.938 bits per heavy atom. The Bertz CT molecular complexity index is 1290. The van der Waals surface area contributed by atoms with Gasteiger partial charge in [0.05, 0.1) is 0 Å². The number of piperazine rings is 1. The average molecular weight is 489 g/mol. The van der Waals surface area contributed by atoms with Crippen LogP contribution in [-0.4, -0.2) is 47.1 Å². The van der Waals surface area contributed by atoms with Crippen LogP contribution in [0.4, 0.5) is 6.01 Å². The second-order valence-corrected chi connectivity index (χ2v) is 8.58. The van der Waals surface area contributed by atoms with Gasteiger partial charge in [-0.25, -0.2) is 0 Å². The van der Waals surface area contributed by atoms with Crippen LogP contribution in [0.1, 0.15) is 5.56 Å². The van der Waals surface area contributed by atoms with Crippen LogP contribution in [0.5, 0.6) is 0 Å². The lowest BCUT2D eigenvalue weighted by molar-refractivity contribution is -0.126. The number of carbonyl (C=O) groups is 1. The third-order valence-electron chi connectivity index (χ3n) is 5.55. The number of hydrogen-bond donors (Lipinski definition) is 0. The molecule has 4 aromatic rings. The van der Waals surface area contributed by atoms with Gasteiger partial charge >= 0.3 is 6.01 Å². The standard InChI is InChI=1S/C25H21BrN4O2/c26-22-7-3-4-18(16-22)8-11-23(31)29-12-14-30(15-13-29)25-27-24(28-32-25)21-10-9-19-5-1-2-6-20(19)17-21/h1-11,16-17H,12-15H2/b11-8+. The van der Waals surface area contributed by atoms with E-state index in [1.807, 2.05) is 58.3 Å². The molecule has 1 saturated heterocycles. The molecular formula is C25H21BrN4O2. The van der Waals surface area contributed by atoms with Crippen molar-refractivity contribution >= 4 is 44.7 Å². The summed E-state index contributed by atoms with van der Waals surface area (Å²) in [6.07, 6.45) is 3.47. The van der Waals surface area contributed by atoms with Crippen molar-refractivity contribution in [2.24, 2.45) is 0 Å². The van der Waals surface area contributed by atoms with E-state index < -0.39 is 0 Å². The number of nitrogens with zero attached hydrogens (tertiary/aromatic N) is 4. The summed E-state index contributed by atoms with van der Waals surface area (Å²) >= 11 is 3.45. The van der Waals surface area contributed by atoms with E-state index in [1.54, 1.807) is 6.08 Å². The molecule has 3 aromatic carbocycles. The molecule has 1 amide bonds. The predicted molar refractivity (Wildman–Crippen MR) is 129 cm³/mol. The maximum absolute atomic E-state index is 12.6. The van der Waals surface area contributed by atoms with Crippen LogP contribution in [0.3, 0.4) is 0 Å². The van der Waals surface area contributed by atoms with Gasteiger partial charge < -0.3 is 14.3 Å². The predicted octanol–water partition coefficient (Wildman–Crippen LogP) is 5.01. The van der Waals surface area contributed by atoms with Gasteiger partial charge in [-0.15, -0.1) is 0 Å². The van der Waals surface area contributed by atoms with Gasteiger partial charge in [-0.1, -0.05) is 69.6 Å². The summed E-state index contributed by atoms with van der Waals surface area (Å²) in [6, 6.07) is 22.7. The number of rotatable bonds is 4. The van der Waals surface area contributed by atoms with Crippen LogP contribution in [-0.2, 0) is 4.79 Å². The quantitative estimate of drug-likeness (QED) is 0.377.